The minimum atomic E-state index is -0.503. The Morgan fingerprint density at radius 1 is 1.17 bits per heavy atom. The maximum absolute atomic E-state index is 12.6. The number of Topliss-reactive ketones (excluding diaryl/α,β-unsaturated/α-hetero) is 1. The van der Waals surface area contributed by atoms with Crippen molar-refractivity contribution in [3.63, 3.8) is 0 Å². The van der Waals surface area contributed by atoms with Crippen LogP contribution in [0.1, 0.15) is 26.3 Å². The fourth-order valence-corrected chi connectivity index (χ4v) is 2.77. The van der Waals surface area contributed by atoms with E-state index >= 15 is 0 Å². The zero-order valence-corrected chi connectivity index (χ0v) is 14.5. The van der Waals surface area contributed by atoms with Gasteiger partial charge < -0.3 is 14.2 Å². The lowest BCUT2D eigenvalue weighted by molar-refractivity contribution is 0.0600. The first-order valence-corrected chi connectivity index (χ1v) is 7.83. The first-order valence-electron chi connectivity index (χ1n) is 7.03. The molecule has 0 unspecified atom stereocenters. The Bertz CT molecular complexity index is 870. The molecule has 2 aromatic carbocycles. The van der Waals surface area contributed by atoms with Crippen LogP contribution in [-0.4, -0.2) is 26.0 Å². The van der Waals surface area contributed by atoms with Gasteiger partial charge in [0.1, 0.15) is 11.5 Å². The number of carbonyl (C=O) groups is 2. The van der Waals surface area contributed by atoms with E-state index in [1.807, 2.05) is 12.1 Å². The lowest BCUT2D eigenvalue weighted by atomic mass is 10.1. The number of esters is 1. The Morgan fingerprint density at radius 3 is 2.67 bits per heavy atom. The number of rotatable bonds is 3. The fraction of sp³-hybridized carbons (Fsp3) is 0.111. The van der Waals surface area contributed by atoms with Gasteiger partial charge in [0.05, 0.1) is 25.3 Å². The van der Waals surface area contributed by atoms with Gasteiger partial charge in [-0.05, 0) is 42.5 Å². The summed E-state index contributed by atoms with van der Waals surface area (Å²) in [6.07, 6.45) is 1.61. The molecule has 0 spiro atoms. The molecule has 1 aliphatic heterocycles. The van der Waals surface area contributed by atoms with Crippen molar-refractivity contribution in [2.24, 2.45) is 0 Å². The summed E-state index contributed by atoms with van der Waals surface area (Å²) in [5, 5.41) is 0. The van der Waals surface area contributed by atoms with E-state index in [2.05, 4.69) is 20.7 Å². The molecule has 0 aromatic heterocycles. The molecule has 3 rings (SSSR count). The highest BCUT2D eigenvalue weighted by Gasteiger charge is 2.28. The zero-order valence-electron chi connectivity index (χ0n) is 13.0. The average Bonchev–Trinajstić information content (AvgIpc) is 2.90. The molecular weight excluding hydrogens is 376 g/mol. The predicted octanol–water partition coefficient (Wildman–Crippen LogP) is 3.86. The molecule has 24 heavy (non-hydrogen) atoms. The Morgan fingerprint density at radius 2 is 1.96 bits per heavy atom. The molecule has 0 aliphatic carbocycles. The molecule has 0 saturated heterocycles. The SMILES string of the molecule is COC(=O)c1ccc2c(c1)C(=O)/C(=C/c1cc(Br)ccc1OC)O2. The molecular formula is C18H13BrO5. The fourth-order valence-electron chi connectivity index (χ4n) is 2.39. The lowest BCUT2D eigenvalue weighted by Gasteiger charge is -2.06. The summed E-state index contributed by atoms with van der Waals surface area (Å²) < 4.78 is 16.4. The van der Waals surface area contributed by atoms with Crippen LogP contribution in [0.4, 0.5) is 0 Å². The van der Waals surface area contributed by atoms with Gasteiger partial charge in [-0.3, -0.25) is 4.79 Å². The summed E-state index contributed by atoms with van der Waals surface area (Å²) in [5.41, 5.74) is 1.34. The van der Waals surface area contributed by atoms with Crippen LogP contribution in [0.3, 0.4) is 0 Å². The minimum absolute atomic E-state index is 0.170. The van der Waals surface area contributed by atoms with E-state index in [-0.39, 0.29) is 11.5 Å². The molecule has 0 amide bonds. The van der Waals surface area contributed by atoms with Gasteiger partial charge in [0.25, 0.3) is 0 Å². The van der Waals surface area contributed by atoms with E-state index < -0.39 is 5.97 Å². The molecule has 2 aromatic rings. The molecule has 1 heterocycles. The van der Waals surface area contributed by atoms with Gasteiger partial charge >= 0.3 is 5.97 Å². The Hall–Kier alpha value is -2.60. The van der Waals surface area contributed by atoms with Crippen molar-refractivity contribution < 1.29 is 23.8 Å². The van der Waals surface area contributed by atoms with Crippen molar-refractivity contribution in [2.75, 3.05) is 14.2 Å². The maximum Gasteiger partial charge on any atom is 0.337 e. The number of hydrogen-bond donors (Lipinski definition) is 0. The van der Waals surface area contributed by atoms with Crippen LogP contribution in [-0.2, 0) is 4.74 Å². The smallest absolute Gasteiger partial charge is 0.337 e. The average molecular weight is 389 g/mol. The molecule has 5 nitrogen and oxygen atoms in total. The molecule has 0 saturated carbocycles. The van der Waals surface area contributed by atoms with Crippen molar-refractivity contribution in [1.29, 1.82) is 0 Å². The third kappa shape index (κ3) is 2.92. The predicted molar refractivity (Wildman–Crippen MR) is 91.4 cm³/mol. The molecule has 0 N–H and O–H groups in total. The highest BCUT2D eigenvalue weighted by atomic mass is 79.9. The lowest BCUT2D eigenvalue weighted by Crippen LogP contribution is -2.03. The number of methoxy groups -OCH3 is 2. The van der Waals surface area contributed by atoms with Crippen LogP contribution in [0.2, 0.25) is 0 Å². The van der Waals surface area contributed by atoms with Gasteiger partial charge in [0.15, 0.2) is 5.76 Å². The number of hydrogen-bond acceptors (Lipinski definition) is 5. The third-order valence-electron chi connectivity index (χ3n) is 3.57. The van der Waals surface area contributed by atoms with Crippen molar-refractivity contribution in [2.45, 2.75) is 0 Å². The van der Waals surface area contributed by atoms with Gasteiger partial charge in [0.2, 0.25) is 5.78 Å². The highest BCUT2D eigenvalue weighted by Crippen LogP contribution is 2.34. The van der Waals surface area contributed by atoms with Crippen LogP contribution in [0.15, 0.2) is 46.6 Å². The quantitative estimate of drug-likeness (QED) is 0.589. The summed E-state index contributed by atoms with van der Waals surface area (Å²) in [4.78, 5) is 24.2. The number of benzene rings is 2. The monoisotopic (exact) mass is 388 g/mol. The van der Waals surface area contributed by atoms with E-state index in [1.165, 1.54) is 13.2 Å². The topological polar surface area (TPSA) is 61.8 Å². The van der Waals surface area contributed by atoms with E-state index in [0.717, 1.165) is 4.47 Å². The minimum Gasteiger partial charge on any atom is -0.496 e. The maximum atomic E-state index is 12.6. The molecule has 0 fully saturated rings. The first kappa shape index (κ1) is 16.3. The van der Waals surface area contributed by atoms with Crippen LogP contribution >= 0.6 is 15.9 Å². The van der Waals surface area contributed by atoms with Crippen LogP contribution < -0.4 is 9.47 Å². The Labute approximate surface area is 147 Å². The molecule has 1 aliphatic rings. The van der Waals surface area contributed by atoms with Crippen molar-refractivity contribution in [1.82, 2.24) is 0 Å². The summed E-state index contributed by atoms with van der Waals surface area (Å²) in [6, 6.07) is 10.1. The number of ketones is 1. The number of ether oxygens (including phenoxy) is 3. The number of allylic oxidation sites excluding steroid dienone is 1. The van der Waals surface area contributed by atoms with E-state index in [1.54, 1.807) is 31.4 Å². The van der Waals surface area contributed by atoms with Gasteiger partial charge in [-0.2, -0.15) is 0 Å². The summed E-state index contributed by atoms with van der Waals surface area (Å²) in [6.45, 7) is 0. The van der Waals surface area contributed by atoms with Gasteiger partial charge in [-0.15, -0.1) is 0 Å². The normalized spacial score (nSPS) is 14.3. The Kier molecular flexibility index (Phi) is 4.40. The zero-order chi connectivity index (χ0) is 17.3. The van der Waals surface area contributed by atoms with Crippen molar-refractivity contribution in [3.05, 3.63) is 63.3 Å². The second-order valence-corrected chi connectivity index (χ2v) is 5.94. The van der Waals surface area contributed by atoms with Crippen LogP contribution in [0, 0.1) is 0 Å². The number of carbonyl (C=O) groups excluding carboxylic acids is 2. The van der Waals surface area contributed by atoms with Gasteiger partial charge in [-0.1, -0.05) is 15.9 Å². The summed E-state index contributed by atoms with van der Waals surface area (Å²) in [7, 11) is 2.85. The molecule has 122 valence electrons. The Balaban J connectivity index is 1.99. The van der Waals surface area contributed by atoms with E-state index in [0.29, 0.717) is 28.2 Å². The van der Waals surface area contributed by atoms with Crippen LogP contribution in [0.5, 0.6) is 11.5 Å². The molecule has 6 heteroatoms. The van der Waals surface area contributed by atoms with E-state index in [4.69, 9.17) is 9.47 Å². The highest BCUT2D eigenvalue weighted by molar-refractivity contribution is 9.10. The number of halogens is 1. The van der Waals surface area contributed by atoms with Gasteiger partial charge in [0, 0.05) is 10.0 Å². The number of fused-ring (bicyclic) bond motifs is 1. The second-order valence-electron chi connectivity index (χ2n) is 5.03. The first-order chi connectivity index (χ1) is 11.5. The van der Waals surface area contributed by atoms with Crippen LogP contribution in [0.25, 0.3) is 6.08 Å². The van der Waals surface area contributed by atoms with E-state index in [9.17, 15) is 9.59 Å². The summed E-state index contributed by atoms with van der Waals surface area (Å²) >= 11 is 3.39. The van der Waals surface area contributed by atoms with Crippen molar-refractivity contribution in [3.8, 4) is 11.5 Å². The summed E-state index contributed by atoms with van der Waals surface area (Å²) in [5.74, 6) is 0.402. The third-order valence-corrected chi connectivity index (χ3v) is 4.06. The standard InChI is InChI=1S/C18H13BrO5/c1-22-14-6-4-12(19)7-11(14)9-16-17(20)13-8-10(18(21)23-2)3-5-15(13)24-16/h3-9H,1-2H3/b16-9-. The molecule has 0 radical (unpaired) electrons. The molecule has 0 bridgehead atoms. The second kappa shape index (κ2) is 6.49. The van der Waals surface area contributed by atoms with Crippen molar-refractivity contribution >= 4 is 33.8 Å². The van der Waals surface area contributed by atoms with Gasteiger partial charge in [-0.25, -0.2) is 4.79 Å². The largest absolute Gasteiger partial charge is 0.496 e. The molecule has 0 atom stereocenters.